The number of nitrogen functional groups attached to an aromatic ring is 1. The van der Waals surface area contributed by atoms with E-state index in [-0.39, 0.29) is 5.95 Å². The molecule has 0 saturated carbocycles. The van der Waals surface area contributed by atoms with Gasteiger partial charge in [-0.05, 0) is 0 Å². The van der Waals surface area contributed by atoms with Crippen molar-refractivity contribution in [3.8, 4) is 24.1 Å². The predicted octanol–water partition coefficient (Wildman–Crippen LogP) is 0.469. The van der Waals surface area contributed by atoms with Crippen LogP contribution >= 0.6 is 0 Å². The summed E-state index contributed by atoms with van der Waals surface area (Å²) in [6, 6.07) is 1.55. The van der Waals surface area contributed by atoms with E-state index in [1.807, 2.05) is 0 Å². The second-order valence-corrected chi connectivity index (χ2v) is 2.41. The molecule has 0 spiro atoms. The smallest absolute Gasteiger partial charge is 0.226 e. The Balaban J connectivity index is 2.67. The van der Waals surface area contributed by atoms with Gasteiger partial charge in [-0.3, -0.25) is 0 Å². The Bertz CT molecular complexity index is 346. The topological polar surface area (TPSA) is 70.3 Å². The van der Waals surface area contributed by atoms with Crippen LogP contribution in [0, 0.1) is 12.3 Å². The van der Waals surface area contributed by atoms with Crippen LogP contribution in [0.5, 0.6) is 11.8 Å². The van der Waals surface area contributed by atoms with Gasteiger partial charge >= 0.3 is 0 Å². The van der Waals surface area contributed by atoms with Crippen LogP contribution < -0.4 is 15.2 Å². The molecular weight excluding hydrogens is 182 g/mol. The maximum atomic E-state index is 5.42. The van der Waals surface area contributed by atoms with E-state index in [9.17, 15) is 0 Å². The van der Waals surface area contributed by atoms with Crippen molar-refractivity contribution in [2.75, 3.05) is 19.5 Å². The SMILES string of the molecule is C#CCCOc1cc(OC)nc(N)n1. The first-order valence-electron chi connectivity index (χ1n) is 4.01. The van der Waals surface area contributed by atoms with Gasteiger partial charge in [0.05, 0.1) is 13.2 Å². The molecule has 2 N–H and O–H groups in total. The number of terminal acetylenes is 1. The highest BCUT2D eigenvalue weighted by molar-refractivity contribution is 5.29. The maximum Gasteiger partial charge on any atom is 0.226 e. The largest absolute Gasteiger partial charge is 0.481 e. The summed E-state index contributed by atoms with van der Waals surface area (Å²) in [6.07, 6.45) is 5.59. The molecule has 1 rings (SSSR count). The lowest BCUT2D eigenvalue weighted by Crippen LogP contribution is -2.03. The van der Waals surface area contributed by atoms with Gasteiger partial charge in [-0.1, -0.05) is 0 Å². The quantitative estimate of drug-likeness (QED) is 0.556. The minimum absolute atomic E-state index is 0.111. The molecule has 0 unspecified atom stereocenters. The number of aromatic nitrogens is 2. The highest BCUT2D eigenvalue weighted by Gasteiger charge is 2.02. The average Bonchev–Trinajstić information content (AvgIpc) is 2.17. The first-order valence-corrected chi connectivity index (χ1v) is 4.01. The van der Waals surface area contributed by atoms with Crippen LogP contribution in [0.25, 0.3) is 0 Å². The van der Waals surface area contributed by atoms with E-state index in [0.717, 1.165) is 0 Å². The molecule has 0 fully saturated rings. The van der Waals surface area contributed by atoms with Crippen molar-refractivity contribution in [2.45, 2.75) is 6.42 Å². The second-order valence-electron chi connectivity index (χ2n) is 2.41. The highest BCUT2D eigenvalue weighted by atomic mass is 16.5. The number of hydrogen-bond donors (Lipinski definition) is 1. The Morgan fingerprint density at radius 1 is 1.50 bits per heavy atom. The lowest BCUT2D eigenvalue weighted by atomic mass is 10.5. The van der Waals surface area contributed by atoms with Crippen molar-refractivity contribution < 1.29 is 9.47 Å². The fourth-order valence-electron chi connectivity index (χ4n) is 0.814. The first-order chi connectivity index (χ1) is 6.76. The molecule has 14 heavy (non-hydrogen) atoms. The molecule has 0 aliphatic heterocycles. The van der Waals surface area contributed by atoms with E-state index in [1.165, 1.54) is 7.11 Å². The monoisotopic (exact) mass is 193 g/mol. The Morgan fingerprint density at radius 3 is 2.86 bits per heavy atom. The summed E-state index contributed by atoms with van der Waals surface area (Å²) in [6.45, 7) is 0.399. The molecule has 0 bridgehead atoms. The van der Waals surface area contributed by atoms with E-state index in [1.54, 1.807) is 6.07 Å². The zero-order valence-electron chi connectivity index (χ0n) is 7.86. The van der Waals surface area contributed by atoms with Crippen molar-refractivity contribution in [3.05, 3.63) is 6.07 Å². The van der Waals surface area contributed by atoms with Crippen LogP contribution in [0.4, 0.5) is 5.95 Å². The van der Waals surface area contributed by atoms with Crippen LogP contribution in [0.3, 0.4) is 0 Å². The summed E-state index contributed by atoms with van der Waals surface area (Å²) >= 11 is 0. The van der Waals surface area contributed by atoms with Gasteiger partial charge in [-0.2, -0.15) is 9.97 Å². The normalized spacial score (nSPS) is 9.14. The minimum atomic E-state index is 0.111. The van der Waals surface area contributed by atoms with Crippen LogP contribution in [-0.4, -0.2) is 23.7 Å². The lowest BCUT2D eigenvalue weighted by Gasteiger charge is -2.05. The van der Waals surface area contributed by atoms with Gasteiger partial charge in [-0.15, -0.1) is 12.3 Å². The summed E-state index contributed by atoms with van der Waals surface area (Å²) in [7, 11) is 1.49. The van der Waals surface area contributed by atoms with Crippen molar-refractivity contribution >= 4 is 5.95 Å². The molecule has 1 aromatic rings. The Hall–Kier alpha value is -1.96. The van der Waals surface area contributed by atoms with Gasteiger partial charge in [0.2, 0.25) is 17.7 Å². The van der Waals surface area contributed by atoms with Gasteiger partial charge in [0.25, 0.3) is 0 Å². The molecule has 5 heteroatoms. The van der Waals surface area contributed by atoms with E-state index >= 15 is 0 Å². The van der Waals surface area contributed by atoms with E-state index in [2.05, 4.69) is 15.9 Å². The zero-order valence-corrected chi connectivity index (χ0v) is 7.86. The molecular formula is C9H11N3O2. The highest BCUT2D eigenvalue weighted by Crippen LogP contribution is 2.15. The van der Waals surface area contributed by atoms with Crippen molar-refractivity contribution in [3.63, 3.8) is 0 Å². The standard InChI is InChI=1S/C9H11N3O2/c1-3-4-5-14-8-6-7(13-2)11-9(10)12-8/h1,6H,4-5H2,2H3,(H2,10,11,12). The van der Waals surface area contributed by atoms with Crippen molar-refractivity contribution in [2.24, 2.45) is 0 Å². The van der Waals surface area contributed by atoms with Crippen LogP contribution in [0.15, 0.2) is 6.07 Å². The van der Waals surface area contributed by atoms with E-state index < -0.39 is 0 Å². The Morgan fingerprint density at radius 2 is 2.21 bits per heavy atom. The molecule has 0 saturated heterocycles. The third-order valence-corrected chi connectivity index (χ3v) is 1.40. The molecule has 1 heterocycles. The number of rotatable bonds is 4. The number of ether oxygens (including phenoxy) is 2. The third-order valence-electron chi connectivity index (χ3n) is 1.40. The van der Waals surface area contributed by atoms with Gasteiger partial charge < -0.3 is 15.2 Å². The number of methoxy groups -OCH3 is 1. The van der Waals surface area contributed by atoms with Gasteiger partial charge in [0.1, 0.15) is 6.61 Å². The molecule has 0 radical (unpaired) electrons. The molecule has 5 nitrogen and oxygen atoms in total. The molecule has 0 aliphatic carbocycles. The number of anilines is 1. The van der Waals surface area contributed by atoms with Crippen molar-refractivity contribution in [1.82, 2.24) is 9.97 Å². The van der Waals surface area contributed by atoms with Gasteiger partial charge in [0.15, 0.2) is 0 Å². The van der Waals surface area contributed by atoms with Crippen LogP contribution in [-0.2, 0) is 0 Å². The van der Waals surface area contributed by atoms with Crippen molar-refractivity contribution in [1.29, 1.82) is 0 Å². The third kappa shape index (κ3) is 2.83. The summed E-state index contributed by atoms with van der Waals surface area (Å²) < 4.78 is 10.1. The molecule has 1 aromatic heterocycles. The summed E-state index contributed by atoms with van der Waals surface area (Å²) in [5.41, 5.74) is 5.42. The molecule has 0 aromatic carbocycles. The van der Waals surface area contributed by atoms with Crippen LogP contribution in [0.1, 0.15) is 6.42 Å². The number of nitrogens with two attached hydrogens (primary N) is 1. The average molecular weight is 193 g/mol. The summed E-state index contributed by atoms with van der Waals surface area (Å²) in [5.74, 6) is 3.30. The number of nitrogens with zero attached hydrogens (tertiary/aromatic N) is 2. The first kappa shape index (κ1) is 10.1. The van der Waals surface area contributed by atoms with Gasteiger partial charge in [0, 0.05) is 6.42 Å². The Kier molecular flexibility index (Phi) is 3.56. The maximum absolute atomic E-state index is 5.42. The fourth-order valence-corrected chi connectivity index (χ4v) is 0.814. The van der Waals surface area contributed by atoms with Gasteiger partial charge in [-0.25, -0.2) is 0 Å². The summed E-state index contributed by atoms with van der Waals surface area (Å²) in [5, 5.41) is 0. The zero-order chi connectivity index (χ0) is 10.4. The minimum Gasteiger partial charge on any atom is -0.481 e. The fraction of sp³-hybridized carbons (Fsp3) is 0.333. The Labute approximate surface area is 82.3 Å². The number of hydrogen-bond acceptors (Lipinski definition) is 5. The predicted molar refractivity (Wildman–Crippen MR) is 51.9 cm³/mol. The van der Waals surface area contributed by atoms with Crippen LogP contribution in [0.2, 0.25) is 0 Å². The lowest BCUT2D eigenvalue weighted by molar-refractivity contribution is 0.309. The second kappa shape index (κ2) is 4.92. The molecule has 0 atom stereocenters. The molecule has 0 amide bonds. The van der Waals surface area contributed by atoms with E-state index in [0.29, 0.717) is 24.8 Å². The summed E-state index contributed by atoms with van der Waals surface area (Å²) in [4.78, 5) is 7.65. The van der Waals surface area contributed by atoms with E-state index in [4.69, 9.17) is 21.6 Å². The molecule has 74 valence electrons. The molecule has 0 aliphatic rings.